The van der Waals surface area contributed by atoms with Crippen molar-refractivity contribution < 1.29 is 27.9 Å². The van der Waals surface area contributed by atoms with Crippen molar-refractivity contribution in [3.63, 3.8) is 0 Å². The summed E-state index contributed by atoms with van der Waals surface area (Å²) in [6, 6.07) is 2.63. The average molecular weight is 368 g/mol. The molecular formula is C16H20N2O6S. The van der Waals surface area contributed by atoms with Crippen LogP contribution in [0, 0.1) is 5.92 Å². The molecule has 1 aromatic carbocycles. The molecule has 0 aromatic heterocycles. The van der Waals surface area contributed by atoms with Crippen molar-refractivity contribution in [3.8, 4) is 0 Å². The number of benzene rings is 1. The zero-order valence-corrected chi connectivity index (χ0v) is 15.0. The van der Waals surface area contributed by atoms with Crippen LogP contribution in [0.4, 0.5) is 0 Å². The summed E-state index contributed by atoms with van der Waals surface area (Å²) in [5.74, 6) is -2.44. The van der Waals surface area contributed by atoms with E-state index in [0.29, 0.717) is 0 Å². The van der Waals surface area contributed by atoms with Crippen LogP contribution in [0.2, 0.25) is 0 Å². The fraction of sp³-hybridized carbons (Fsp3) is 0.438. The molecule has 0 spiro atoms. The zero-order valence-electron chi connectivity index (χ0n) is 14.1. The maximum Gasteiger partial charge on any atom is 0.326 e. The minimum absolute atomic E-state index is 0.00709. The Bertz CT molecular complexity index is 831. The van der Waals surface area contributed by atoms with Crippen LogP contribution in [-0.2, 0) is 14.8 Å². The highest BCUT2D eigenvalue weighted by Crippen LogP contribution is 2.30. The summed E-state index contributed by atoms with van der Waals surface area (Å²) < 4.78 is 25.4. The molecule has 2 N–H and O–H groups in total. The number of amides is 2. The van der Waals surface area contributed by atoms with Crippen molar-refractivity contribution in [1.82, 2.24) is 9.62 Å². The molecule has 1 aliphatic heterocycles. The molecule has 0 bridgehead atoms. The Morgan fingerprint density at radius 2 is 1.92 bits per heavy atom. The third kappa shape index (κ3) is 3.51. The van der Waals surface area contributed by atoms with E-state index in [2.05, 4.69) is 5.32 Å². The number of carbonyl (C=O) groups excluding carboxylic acids is 2. The third-order valence-corrected chi connectivity index (χ3v) is 5.76. The summed E-state index contributed by atoms with van der Waals surface area (Å²) >= 11 is 0. The molecule has 2 rings (SSSR count). The Morgan fingerprint density at radius 1 is 1.28 bits per heavy atom. The van der Waals surface area contributed by atoms with Crippen molar-refractivity contribution >= 4 is 27.8 Å². The Kier molecular flexibility index (Phi) is 5.17. The normalized spacial score (nSPS) is 16.6. The SMILES string of the molecule is CCN1C(=O)c2ccc(C(=O)NC(CC(C)C)C(=O)O)cc2S1(=O)=O. The van der Waals surface area contributed by atoms with Crippen LogP contribution in [0.1, 0.15) is 47.9 Å². The van der Waals surface area contributed by atoms with Crippen molar-refractivity contribution in [1.29, 1.82) is 0 Å². The van der Waals surface area contributed by atoms with E-state index >= 15 is 0 Å². The van der Waals surface area contributed by atoms with Gasteiger partial charge in [0.15, 0.2) is 0 Å². The van der Waals surface area contributed by atoms with Crippen LogP contribution in [0.5, 0.6) is 0 Å². The minimum Gasteiger partial charge on any atom is -0.480 e. The van der Waals surface area contributed by atoms with Crippen molar-refractivity contribution in [3.05, 3.63) is 29.3 Å². The summed E-state index contributed by atoms with van der Waals surface area (Å²) in [6.07, 6.45) is 0.242. The van der Waals surface area contributed by atoms with Crippen molar-refractivity contribution in [2.24, 2.45) is 5.92 Å². The van der Waals surface area contributed by atoms with Crippen LogP contribution in [0.25, 0.3) is 0 Å². The van der Waals surface area contributed by atoms with E-state index in [1.54, 1.807) is 6.92 Å². The van der Waals surface area contributed by atoms with Gasteiger partial charge >= 0.3 is 5.97 Å². The van der Waals surface area contributed by atoms with Crippen LogP contribution < -0.4 is 5.32 Å². The van der Waals surface area contributed by atoms with E-state index in [1.165, 1.54) is 12.1 Å². The fourth-order valence-electron chi connectivity index (χ4n) is 2.66. The summed E-state index contributed by atoms with van der Waals surface area (Å²) in [7, 11) is -3.98. The molecule has 1 aliphatic rings. The number of carbonyl (C=O) groups is 3. The second-order valence-corrected chi connectivity index (χ2v) is 8.01. The molecule has 8 nitrogen and oxygen atoms in total. The van der Waals surface area contributed by atoms with E-state index in [1.807, 2.05) is 13.8 Å². The number of nitrogens with one attached hydrogen (secondary N) is 1. The first-order chi connectivity index (χ1) is 11.6. The van der Waals surface area contributed by atoms with Gasteiger partial charge < -0.3 is 10.4 Å². The van der Waals surface area contributed by atoms with Gasteiger partial charge in [-0.15, -0.1) is 0 Å². The van der Waals surface area contributed by atoms with Crippen molar-refractivity contribution in [2.75, 3.05) is 6.54 Å². The van der Waals surface area contributed by atoms with E-state index in [0.717, 1.165) is 10.4 Å². The maximum absolute atomic E-state index is 12.4. The lowest BCUT2D eigenvalue weighted by atomic mass is 10.0. The van der Waals surface area contributed by atoms with Gasteiger partial charge in [-0.3, -0.25) is 9.59 Å². The fourth-order valence-corrected chi connectivity index (χ4v) is 4.27. The first kappa shape index (κ1) is 18.9. The Hall–Kier alpha value is -2.42. The predicted octanol–water partition coefficient (Wildman–Crippen LogP) is 1.08. The second-order valence-electron chi connectivity index (χ2n) is 6.18. The number of hydrogen-bond acceptors (Lipinski definition) is 5. The molecule has 0 saturated heterocycles. The Labute approximate surface area is 145 Å². The maximum atomic E-state index is 12.4. The van der Waals surface area contributed by atoms with Gasteiger partial charge in [-0.2, -0.15) is 0 Å². The Balaban J connectivity index is 2.33. The van der Waals surface area contributed by atoms with E-state index < -0.39 is 33.8 Å². The zero-order chi connectivity index (χ0) is 18.9. The Morgan fingerprint density at radius 3 is 2.44 bits per heavy atom. The molecular weight excluding hydrogens is 348 g/mol. The van der Waals surface area contributed by atoms with E-state index in [4.69, 9.17) is 0 Å². The quantitative estimate of drug-likeness (QED) is 0.775. The van der Waals surface area contributed by atoms with Crippen LogP contribution in [-0.4, -0.2) is 48.2 Å². The third-order valence-electron chi connectivity index (χ3n) is 3.87. The molecule has 2 amide bonds. The first-order valence-electron chi connectivity index (χ1n) is 7.84. The first-order valence-corrected chi connectivity index (χ1v) is 9.28. The molecule has 25 heavy (non-hydrogen) atoms. The highest BCUT2D eigenvalue weighted by Gasteiger charge is 2.40. The summed E-state index contributed by atoms with van der Waals surface area (Å²) in [6.45, 7) is 5.19. The molecule has 1 unspecified atom stereocenters. The number of aliphatic carboxylic acids is 1. The molecule has 1 aromatic rings. The van der Waals surface area contributed by atoms with Gasteiger partial charge in [-0.1, -0.05) is 13.8 Å². The number of carboxylic acid groups (broad SMARTS) is 1. The summed E-state index contributed by atoms with van der Waals surface area (Å²) in [5, 5.41) is 11.6. The lowest BCUT2D eigenvalue weighted by Gasteiger charge is -2.16. The van der Waals surface area contributed by atoms with Gasteiger partial charge in [0.05, 0.1) is 5.56 Å². The van der Waals surface area contributed by atoms with E-state index in [9.17, 15) is 27.9 Å². The van der Waals surface area contributed by atoms with Crippen molar-refractivity contribution in [2.45, 2.75) is 38.1 Å². The highest BCUT2D eigenvalue weighted by molar-refractivity contribution is 7.90. The molecule has 1 heterocycles. The summed E-state index contributed by atoms with van der Waals surface area (Å²) in [4.78, 5) is 35.4. The number of fused-ring (bicyclic) bond motifs is 1. The number of rotatable bonds is 6. The van der Waals surface area contributed by atoms with Gasteiger partial charge in [0, 0.05) is 12.1 Å². The molecule has 1 atom stereocenters. The predicted molar refractivity (Wildman–Crippen MR) is 88.7 cm³/mol. The number of hydrogen-bond donors (Lipinski definition) is 2. The molecule has 0 saturated carbocycles. The molecule has 0 radical (unpaired) electrons. The standard InChI is InChI=1S/C16H20N2O6S/c1-4-18-15(20)11-6-5-10(8-13(11)25(18,23)24)14(19)17-12(16(21)22)7-9(2)3/h5-6,8-9,12H,4,7H2,1-3H3,(H,17,19)(H,21,22). The number of sulfonamides is 1. The lowest BCUT2D eigenvalue weighted by molar-refractivity contribution is -0.139. The van der Waals surface area contributed by atoms with E-state index in [-0.39, 0.29) is 34.9 Å². The summed E-state index contributed by atoms with van der Waals surface area (Å²) in [5.41, 5.74) is -0.00144. The number of nitrogens with zero attached hydrogens (tertiary/aromatic N) is 1. The van der Waals surface area contributed by atoms with Crippen LogP contribution in [0.15, 0.2) is 23.1 Å². The molecule has 0 aliphatic carbocycles. The van der Waals surface area contributed by atoms with Gasteiger partial charge in [-0.25, -0.2) is 17.5 Å². The minimum atomic E-state index is -3.98. The lowest BCUT2D eigenvalue weighted by Crippen LogP contribution is -2.41. The topological polar surface area (TPSA) is 121 Å². The average Bonchev–Trinajstić information content (AvgIpc) is 2.71. The van der Waals surface area contributed by atoms with Gasteiger partial charge in [-0.05, 0) is 37.5 Å². The smallest absolute Gasteiger partial charge is 0.326 e. The monoisotopic (exact) mass is 368 g/mol. The van der Waals surface area contributed by atoms with Gasteiger partial charge in [0.1, 0.15) is 10.9 Å². The molecule has 136 valence electrons. The molecule has 0 fully saturated rings. The second kappa shape index (κ2) is 6.83. The van der Waals surface area contributed by atoms with Gasteiger partial charge in [0.2, 0.25) is 0 Å². The van der Waals surface area contributed by atoms with Crippen LogP contribution in [0.3, 0.4) is 0 Å². The van der Waals surface area contributed by atoms with Crippen LogP contribution >= 0.6 is 0 Å². The molecule has 9 heteroatoms. The highest BCUT2D eigenvalue weighted by atomic mass is 32.2. The number of carboxylic acids is 1. The largest absolute Gasteiger partial charge is 0.480 e. The van der Waals surface area contributed by atoms with Gasteiger partial charge in [0.25, 0.3) is 21.8 Å².